The zero-order valence-corrected chi connectivity index (χ0v) is 9.28. The Labute approximate surface area is 76.8 Å². The first kappa shape index (κ1) is 13.4. The molecule has 0 amide bonds. The van der Waals surface area contributed by atoms with Gasteiger partial charge >= 0.3 is 0 Å². The van der Waals surface area contributed by atoms with Gasteiger partial charge in [-0.1, -0.05) is 13.1 Å². The maximum Gasteiger partial charge on any atom is 0.0498 e. The minimum Gasteiger partial charge on any atom is -0.317 e. The summed E-state index contributed by atoms with van der Waals surface area (Å²) in [6, 6.07) is 2.96. The van der Waals surface area contributed by atoms with E-state index in [4.69, 9.17) is 0 Å². The van der Waals surface area contributed by atoms with E-state index in [1.807, 2.05) is 0 Å². The highest BCUT2D eigenvalue weighted by Gasteiger charge is 2.22. The lowest BCUT2D eigenvalue weighted by Crippen LogP contribution is -2.39. The van der Waals surface area contributed by atoms with Crippen LogP contribution in [0.25, 0.3) is 0 Å². The predicted molar refractivity (Wildman–Crippen MR) is 54.5 cm³/mol. The van der Waals surface area contributed by atoms with E-state index in [9.17, 15) is 0 Å². The van der Waals surface area contributed by atoms with Gasteiger partial charge in [-0.15, -0.1) is 24.8 Å². The van der Waals surface area contributed by atoms with Crippen LogP contribution in [0.3, 0.4) is 0 Å². The third-order valence-corrected chi connectivity index (χ3v) is 5.16. The van der Waals surface area contributed by atoms with Gasteiger partial charge in [0.2, 0.25) is 0 Å². The molecular weight excluding hydrogens is 185 g/mol. The zero-order chi connectivity index (χ0) is 6.04. The Hall–Kier alpha value is 0.757. The molecule has 0 aromatic heterocycles. The van der Waals surface area contributed by atoms with Gasteiger partial charge in [-0.05, 0) is 25.2 Å². The number of halogens is 2. The van der Waals surface area contributed by atoms with Crippen LogP contribution in [0, 0.1) is 0 Å². The summed E-state index contributed by atoms with van der Waals surface area (Å²) >= 11 is 0. The van der Waals surface area contributed by atoms with Gasteiger partial charge in [0, 0.05) is 8.07 Å². The Balaban J connectivity index is 0. The van der Waals surface area contributed by atoms with E-state index in [0.717, 1.165) is 0 Å². The van der Waals surface area contributed by atoms with Crippen LogP contribution in [0.1, 0.15) is 0 Å². The van der Waals surface area contributed by atoms with Gasteiger partial charge < -0.3 is 5.32 Å². The average molecular weight is 202 g/mol. The molecule has 0 spiro atoms. The van der Waals surface area contributed by atoms with E-state index in [-0.39, 0.29) is 24.8 Å². The zero-order valence-electron chi connectivity index (χ0n) is 6.64. The fourth-order valence-corrected chi connectivity index (χ4v) is 3.06. The molecule has 1 saturated heterocycles. The summed E-state index contributed by atoms with van der Waals surface area (Å²) in [6.07, 6.45) is 0. The first-order chi connectivity index (χ1) is 3.71. The Bertz CT molecular complexity index is 79.8. The molecular formula is C6H17Cl2NSi. The number of hydrogen-bond donors (Lipinski definition) is 1. The second kappa shape index (κ2) is 5.41. The molecule has 1 aliphatic heterocycles. The second-order valence-corrected chi connectivity index (χ2v) is 8.74. The highest BCUT2D eigenvalue weighted by atomic mass is 35.5. The van der Waals surface area contributed by atoms with Crippen LogP contribution in [-0.2, 0) is 0 Å². The lowest BCUT2D eigenvalue weighted by molar-refractivity contribution is 0.712. The van der Waals surface area contributed by atoms with Crippen molar-refractivity contribution in [2.75, 3.05) is 13.1 Å². The largest absolute Gasteiger partial charge is 0.317 e. The maximum atomic E-state index is 3.38. The molecule has 64 valence electrons. The number of rotatable bonds is 0. The Morgan fingerprint density at radius 2 is 1.40 bits per heavy atom. The molecule has 4 heteroatoms. The van der Waals surface area contributed by atoms with Gasteiger partial charge in [-0.2, -0.15) is 0 Å². The van der Waals surface area contributed by atoms with Gasteiger partial charge in [0.15, 0.2) is 0 Å². The van der Waals surface area contributed by atoms with Crippen molar-refractivity contribution in [3.8, 4) is 0 Å². The van der Waals surface area contributed by atoms with Crippen LogP contribution in [0.4, 0.5) is 0 Å². The Kier molecular flexibility index (Phi) is 7.23. The number of hydrogen-bond acceptors (Lipinski definition) is 1. The lowest BCUT2D eigenvalue weighted by atomic mass is 10.6. The second-order valence-electron chi connectivity index (χ2n) is 3.41. The molecule has 0 aliphatic carbocycles. The van der Waals surface area contributed by atoms with Gasteiger partial charge in [0.25, 0.3) is 0 Å². The van der Waals surface area contributed by atoms with Crippen LogP contribution < -0.4 is 5.32 Å². The minimum absolute atomic E-state index is 0. The van der Waals surface area contributed by atoms with E-state index in [1.54, 1.807) is 0 Å². The van der Waals surface area contributed by atoms with Crippen molar-refractivity contribution < 1.29 is 0 Å². The van der Waals surface area contributed by atoms with E-state index in [0.29, 0.717) is 0 Å². The summed E-state index contributed by atoms with van der Waals surface area (Å²) in [4.78, 5) is 0. The van der Waals surface area contributed by atoms with E-state index < -0.39 is 8.07 Å². The Morgan fingerprint density at radius 3 is 1.60 bits per heavy atom. The molecule has 0 atom stereocenters. The summed E-state index contributed by atoms with van der Waals surface area (Å²) in [5, 5.41) is 3.38. The molecule has 0 unspecified atom stereocenters. The Morgan fingerprint density at radius 1 is 1.00 bits per heavy atom. The molecule has 0 saturated carbocycles. The first-order valence-corrected chi connectivity index (χ1v) is 6.83. The molecule has 10 heavy (non-hydrogen) atoms. The van der Waals surface area contributed by atoms with Crippen LogP contribution in [0.15, 0.2) is 0 Å². The normalized spacial score (nSPS) is 22.2. The molecule has 0 radical (unpaired) electrons. The summed E-state index contributed by atoms with van der Waals surface area (Å²) in [5.41, 5.74) is 0. The van der Waals surface area contributed by atoms with Crippen LogP contribution in [0.5, 0.6) is 0 Å². The molecule has 1 nitrogen and oxygen atoms in total. The predicted octanol–water partition coefficient (Wildman–Crippen LogP) is 2.14. The van der Waals surface area contributed by atoms with Crippen molar-refractivity contribution in [2.45, 2.75) is 25.2 Å². The first-order valence-electron chi connectivity index (χ1n) is 3.41. The van der Waals surface area contributed by atoms with Gasteiger partial charge in [0.05, 0.1) is 0 Å². The number of nitrogens with one attached hydrogen (secondary N) is 1. The van der Waals surface area contributed by atoms with Crippen molar-refractivity contribution in [1.82, 2.24) is 5.32 Å². The van der Waals surface area contributed by atoms with Crippen LogP contribution >= 0.6 is 24.8 Å². The van der Waals surface area contributed by atoms with Crippen molar-refractivity contribution in [2.24, 2.45) is 0 Å². The summed E-state index contributed by atoms with van der Waals surface area (Å²) < 4.78 is 0. The summed E-state index contributed by atoms with van der Waals surface area (Å²) in [6.45, 7) is 7.51. The van der Waals surface area contributed by atoms with Gasteiger partial charge in [-0.25, -0.2) is 0 Å². The third-order valence-electron chi connectivity index (χ3n) is 1.96. The molecule has 0 aromatic carbocycles. The van der Waals surface area contributed by atoms with Crippen LogP contribution in [0.2, 0.25) is 25.2 Å². The molecule has 1 N–H and O–H groups in total. The minimum atomic E-state index is -0.653. The molecule has 0 aromatic rings. The van der Waals surface area contributed by atoms with Crippen molar-refractivity contribution >= 4 is 32.9 Å². The van der Waals surface area contributed by atoms with E-state index in [1.165, 1.54) is 25.2 Å². The SMILES string of the molecule is C[Si]1(C)CCNCC1.Cl.Cl. The third kappa shape index (κ3) is 4.55. The molecule has 1 fully saturated rings. The quantitative estimate of drug-likeness (QED) is 0.593. The molecule has 1 heterocycles. The van der Waals surface area contributed by atoms with Gasteiger partial charge in [0.1, 0.15) is 0 Å². The fourth-order valence-electron chi connectivity index (χ4n) is 1.10. The lowest BCUT2D eigenvalue weighted by Gasteiger charge is -2.27. The summed E-state index contributed by atoms with van der Waals surface area (Å²) in [7, 11) is -0.653. The topological polar surface area (TPSA) is 12.0 Å². The smallest absolute Gasteiger partial charge is 0.0498 e. The molecule has 1 aliphatic rings. The fraction of sp³-hybridized carbons (Fsp3) is 1.00. The highest BCUT2D eigenvalue weighted by Crippen LogP contribution is 2.16. The van der Waals surface area contributed by atoms with E-state index >= 15 is 0 Å². The van der Waals surface area contributed by atoms with Crippen LogP contribution in [-0.4, -0.2) is 21.2 Å². The van der Waals surface area contributed by atoms with Gasteiger partial charge in [-0.3, -0.25) is 0 Å². The standard InChI is InChI=1S/C6H15NSi.2ClH/c1-8(2)5-3-7-4-6-8;;/h7H,3-6H2,1-2H3;2*1H. The average Bonchev–Trinajstić information content (AvgIpc) is 1.65. The monoisotopic (exact) mass is 201 g/mol. The molecule has 1 rings (SSSR count). The van der Waals surface area contributed by atoms with E-state index in [2.05, 4.69) is 18.4 Å². The maximum absolute atomic E-state index is 3.38. The van der Waals surface area contributed by atoms with Crippen molar-refractivity contribution in [1.29, 1.82) is 0 Å². The summed E-state index contributed by atoms with van der Waals surface area (Å²) in [5.74, 6) is 0. The van der Waals surface area contributed by atoms with Crippen molar-refractivity contribution in [3.63, 3.8) is 0 Å². The molecule has 0 bridgehead atoms. The van der Waals surface area contributed by atoms with Crippen molar-refractivity contribution in [3.05, 3.63) is 0 Å². The highest BCUT2D eigenvalue weighted by molar-refractivity contribution is 6.77.